The molecule has 0 saturated heterocycles. The number of hydrogen-bond donors (Lipinski definition) is 2. The first-order valence-electron chi connectivity index (χ1n) is 5.22. The van der Waals surface area contributed by atoms with Gasteiger partial charge in [-0.15, -0.1) is 0 Å². The highest BCUT2D eigenvalue weighted by atomic mass is 16.1. The fourth-order valence-electron chi connectivity index (χ4n) is 1.41. The minimum atomic E-state index is -0.180. The Bertz CT molecular complexity index is 560. The fourth-order valence-corrected chi connectivity index (χ4v) is 1.41. The van der Waals surface area contributed by atoms with Crippen molar-refractivity contribution in [2.24, 2.45) is 0 Å². The SMILES string of the molecule is CNC(=O)c1cccc(NC=C(C#N)C#N)c1C. The van der Waals surface area contributed by atoms with E-state index in [1.165, 1.54) is 6.20 Å². The highest BCUT2D eigenvalue weighted by Crippen LogP contribution is 2.19. The normalized spacial score (nSPS) is 8.67. The second-order valence-electron chi connectivity index (χ2n) is 3.48. The Morgan fingerprint density at radius 1 is 1.33 bits per heavy atom. The number of nitrogens with one attached hydrogen (secondary N) is 2. The zero-order valence-corrected chi connectivity index (χ0v) is 10.1. The quantitative estimate of drug-likeness (QED) is 0.787. The lowest BCUT2D eigenvalue weighted by Crippen LogP contribution is -2.19. The summed E-state index contributed by atoms with van der Waals surface area (Å²) in [6, 6.07) is 8.70. The van der Waals surface area contributed by atoms with E-state index in [0.29, 0.717) is 11.3 Å². The molecule has 0 saturated carbocycles. The Kier molecular flexibility index (Phi) is 4.48. The van der Waals surface area contributed by atoms with Crippen LogP contribution in [0.1, 0.15) is 15.9 Å². The molecule has 0 bridgehead atoms. The van der Waals surface area contributed by atoms with Crippen molar-refractivity contribution in [1.29, 1.82) is 10.5 Å². The molecular formula is C13H12N4O. The number of rotatable bonds is 3. The molecule has 1 rings (SSSR count). The summed E-state index contributed by atoms with van der Waals surface area (Å²) in [6.07, 6.45) is 1.32. The molecular weight excluding hydrogens is 228 g/mol. The van der Waals surface area contributed by atoms with Crippen LogP contribution in [0.15, 0.2) is 30.0 Å². The second-order valence-corrected chi connectivity index (χ2v) is 3.48. The molecule has 0 aliphatic carbocycles. The number of allylic oxidation sites excluding steroid dienone is 1. The number of nitrogens with zero attached hydrogens (tertiary/aromatic N) is 2. The summed E-state index contributed by atoms with van der Waals surface area (Å²) in [5, 5.41) is 22.6. The number of carbonyl (C=O) groups is 1. The first-order valence-corrected chi connectivity index (χ1v) is 5.22. The Morgan fingerprint density at radius 3 is 2.56 bits per heavy atom. The Morgan fingerprint density at radius 2 is 2.00 bits per heavy atom. The molecule has 1 aromatic carbocycles. The summed E-state index contributed by atoms with van der Waals surface area (Å²) >= 11 is 0. The molecule has 2 N–H and O–H groups in total. The Hall–Kier alpha value is -2.79. The van der Waals surface area contributed by atoms with E-state index in [1.54, 1.807) is 44.3 Å². The third kappa shape index (κ3) is 2.87. The topological polar surface area (TPSA) is 88.7 Å². The van der Waals surface area contributed by atoms with Gasteiger partial charge in [0, 0.05) is 24.5 Å². The number of amides is 1. The number of nitriles is 2. The van der Waals surface area contributed by atoms with E-state index < -0.39 is 0 Å². The van der Waals surface area contributed by atoms with Crippen LogP contribution >= 0.6 is 0 Å². The van der Waals surface area contributed by atoms with Crippen molar-refractivity contribution >= 4 is 11.6 Å². The number of benzene rings is 1. The van der Waals surface area contributed by atoms with E-state index in [2.05, 4.69) is 10.6 Å². The van der Waals surface area contributed by atoms with E-state index in [9.17, 15) is 4.79 Å². The summed E-state index contributed by atoms with van der Waals surface area (Å²) in [6.45, 7) is 1.79. The van der Waals surface area contributed by atoms with Crippen LogP contribution in [0.4, 0.5) is 5.69 Å². The summed E-state index contributed by atoms with van der Waals surface area (Å²) in [4.78, 5) is 11.6. The maximum absolute atomic E-state index is 11.6. The molecule has 0 unspecified atom stereocenters. The zero-order valence-electron chi connectivity index (χ0n) is 10.1. The Labute approximate surface area is 105 Å². The van der Waals surface area contributed by atoms with Crippen LogP contribution in [0.2, 0.25) is 0 Å². The highest BCUT2D eigenvalue weighted by molar-refractivity contribution is 5.96. The molecule has 5 heteroatoms. The van der Waals surface area contributed by atoms with Crippen LogP contribution in [0, 0.1) is 29.6 Å². The van der Waals surface area contributed by atoms with Crippen LogP contribution in [-0.2, 0) is 0 Å². The van der Waals surface area contributed by atoms with Gasteiger partial charge in [-0.2, -0.15) is 10.5 Å². The van der Waals surface area contributed by atoms with Gasteiger partial charge in [-0.1, -0.05) is 6.07 Å². The lowest BCUT2D eigenvalue weighted by molar-refractivity contribution is 0.0962. The largest absolute Gasteiger partial charge is 0.360 e. The van der Waals surface area contributed by atoms with E-state index in [0.717, 1.165) is 5.56 Å². The van der Waals surface area contributed by atoms with E-state index in [-0.39, 0.29) is 11.5 Å². The van der Waals surface area contributed by atoms with Gasteiger partial charge < -0.3 is 10.6 Å². The first-order chi connectivity index (χ1) is 8.63. The summed E-state index contributed by atoms with van der Waals surface area (Å²) in [5.41, 5.74) is 1.95. The van der Waals surface area contributed by atoms with Crippen molar-refractivity contribution in [2.45, 2.75) is 6.92 Å². The van der Waals surface area contributed by atoms with E-state index >= 15 is 0 Å². The second kappa shape index (κ2) is 6.07. The maximum Gasteiger partial charge on any atom is 0.251 e. The molecule has 0 fully saturated rings. The van der Waals surface area contributed by atoms with Gasteiger partial charge in [-0.25, -0.2) is 0 Å². The van der Waals surface area contributed by atoms with Gasteiger partial charge in [0.05, 0.1) is 0 Å². The molecule has 0 heterocycles. The van der Waals surface area contributed by atoms with Gasteiger partial charge in [0.2, 0.25) is 0 Å². The molecule has 1 amide bonds. The first kappa shape index (κ1) is 13.3. The van der Waals surface area contributed by atoms with Crippen LogP contribution in [0.25, 0.3) is 0 Å². The van der Waals surface area contributed by atoms with Crippen molar-refractivity contribution in [1.82, 2.24) is 5.32 Å². The molecule has 1 aromatic rings. The molecule has 0 aromatic heterocycles. The monoisotopic (exact) mass is 240 g/mol. The average molecular weight is 240 g/mol. The lowest BCUT2D eigenvalue weighted by atomic mass is 10.1. The number of carbonyl (C=O) groups excluding carboxylic acids is 1. The van der Waals surface area contributed by atoms with Gasteiger partial charge in [0.1, 0.15) is 17.7 Å². The minimum Gasteiger partial charge on any atom is -0.360 e. The summed E-state index contributed by atoms with van der Waals surface area (Å²) in [7, 11) is 1.56. The maximum atomic E-state index is 11.6. The van der Waals surface area contributed by atoms with Gasteiger partial charge >= 0.3 is 0 Å². The highest BCUT2D eigenvalue weighted by Gasteiger charge is 2.09. The van der Waals surface area contributed by atoms with Gasteiger partial charge in [-0.05, 0) is 24.6 Å². The van der Waals surface area contributed by atoms with Gasteiger partial charge in [0.25, 0.3) is 5.91 Å². The number of hydrogen-bond acceptors (Lipinski definition) is 4. The van der Waals surface area contributed by atoms with Gasteiger partial charge in [-0.3, -0.25) is 4.79 Å². The molecule has 0 atom stereocenters. The average Bonchev–Trinajstić information content (AvgIpc) is 2.40. The van der Waals surface area contributed by atoms with Crippen molar-refractivity contribution in [2.75, 3.05) is 12.4 Å². The molecule has 5 nitrogen and oxygen atoms in total. The number of anilines is 1. The van der Waals surface area contributed by atoms with Crippen molar-refractivity contribution in [3.05, 3.63) is 41.1 Å². The third-order valence-electron chi connectivity index (χ3n) is 2.42. The minimum absolute atomic E-state index is 0.0280. The standard InChI is InChI=1S/C13H12N4O/c1-9-11(13(18)16-2)4-3-5-12(9)17-8-10(6-14)7-15/h3-5,8,17H,1-2H3,(H,16,18). The molecule has 0 radical (unpaired) electrons. The molecule has 90 valence electrons. The smallest absolute Gasteiger partial charge is 0.251 e. The molecule has 0 aliphatic rings. The van der Waals surface area contributed by atoms with Gasteiger partial charge in [0.15, 0.2) is 0 Å². The van der Waals surface area contributed by atoms with Crippen LogP contribution in [0.5, 0.6) is 0 Å². The fraction of sp³-hybridized carbons (Fsp3) is 0.154. The molecule has 18 heavy (non-hydrogen) atoms. The molecule has 0 spiro atoms. The van der Waals surface area contributed by atoms with E-state index in [4.69, 9.17) is 10.5 Å². The van der Waals surface area contributed by atoms with Crippen LogP contribution in [0.3, 0.4) is 0 Å². The van der Waals surface area contributed by atoms with Crippen LogP contribution in [-0.4, -0.2) is 13.0 Å². The lowest BCUT2D eigenvalue weighted by Gasteiger charge is -2.09. The van der Waals surface area contributed by atoms with Crippen LogP contribution < -0.4 is 10.6 Å². The summed E-state index contributed by atoms with van der Waals surface area (Å²) < 4.78 is 0. The predicted octanol–water partition coefficient (Wildman–Crippen LogP) is 1.70. The molecule has 0 aliphatic heterocycles. The van der Waals surface area contributed by atoms with Crippen molar-refractivity contribution < 1.29 is 4.79 Å². The Balaban J connectivity index is 3.07. The van der Waals surface area contributed by atoms with Crippen molar-refractivity contribution in [3.8, 4) is 12.1 Å². The zero-order chi connectivity index (χ0) is 13.5. The van der Waals surface area contributed by atoms with Crippen molar-refractivity contribution in [3.63, 3.8) is 0 Å². The summed E-state index contributed by atoms with van der Waals surface area (Å²) in [5.74, 6) is -0.180. The third-order valence-corrected chi connectivity index (χ3v) is 2.42. The van der Waals surface area contributed by atoms with E-state index in [1.807, 2.05) is 0 Å². The predicted molar refractivity (Wildman–Crippen MR) is 67.5 cm³/mol.